The average Bonchev–Trinajstić information content (AvgIpc) is 3.45. The van der Waals surface area contributed by atoms with Crippen molar-refractivity contribution in [2.75, 3.05) is 13.1 Å². The van der Waals surface area contributed by atoms with E-state index in [1.54, 1.807) is 0 Å². The van der Waals surface area contributed by atoms with Crippen molar-refractivity contribution in [2.24, 2.45) is 0 Å². The summed E-state index contributed by atoms with van der Waals surface area (Å²) in [5, 5.41) is 20.4. The molecule has 2 aliphatic heterocycles. The van der Waals surface area contributed by atoms with Crippen molar-refractivity contribution in [1.29, 1.82) is 0 Å². The van der Waals surface area contributed by atoms with Crippen LogP contribution in [0.25, 0.3) is 10.8 Å². The van der Waals surface area contributed by atoms with Crippen molar-refractivity contribution >= 4 is 34.5 Å². The van der Waals surface area contributed by atoms with Crippen molar-refractivity contribution in [2.45, 2.75) is 50.6 Å². The maximum absolute atomic E-state index is 12.9. The van der Waals surface area contributed by atoms with E-state index in [-0.39, 0.29) is 24.7 Å². The van der Waals surface area contributed by atoms with Crippen LogP contribution in [0.5, 0.6) is 0 Å². The Morgan fingerprint density at radius 1 is 0.719 bits per heavy atom. The second kappa shape index (κ2) is 8.98. The Morgan fingerprint density at radius 3 is 1.50 bits per heavy atom. The Kier molecular flexibility index (Phi) is 6.12. The van der Waals surface area contributed by atoms with E-state index >= 15 is 0 Å². The maximum atomic E-state index is 12.9. The van der Waals surface area contributed by atoms with E-state index in [9.17, 15) is 29.4 Å². The van der Waals surface area contributed by atoms with Gasteiger partial charge in [-0.15, -0.1) is 0 Å². The van der Waals surface area contributed by atoms with Crippen LogP contribution in [0.4, 0.5) is 0 Å². The zero-order chi connectivity index (χ0) is 22.8. The van der Waals surface area contributed by atoms with Gasteiger partial charge in [0.05, 0.1) is 12.8 Å². The van der Waals surface area contributed by atoms with E-state index in [0.29, 0.717) is 38.8 Å². The highest BCUT2D eigenvalue weighted by Crippen LogP contribution is 2.27. The van der Waals surface area contributed by atoms with Gasteiger partial charge >= 0.3 is 11.9 Å². The van der Waals surface area contributed by atoms with Crippen LogP contribution >= 0.6 is 0 Å². The molecule has 32 heavy (non-hydrogen) atoms. The van der Waals surface area contributed by atoms with Gasteiger partial charge in [-0.2, -0.15) is 0 Å². The third-order valence-electron chi connectivity index (χ3n) is 6.50. The molecule has 1 unspecified atom stereocenters. The quantitative estimate of drug-likeness (QED) is 0.714. The summed E-state index contributed by atoms with van der Waals surface area (Å²) < 4.78 is 0. The minimum Gasteiger partial charge on any atom is -0.480 e. The molecule has 0 bridgehead atoms. The summed E-state index contributed by atoms with van der Waals surface area (Å²) in [7, 11) is 0. The molecule has 0 aromatic heterocycles. The molecule has 2 aliphatic rings. The molecule has 2 aromatic carbocycles. The van der Waals surface area contributed by atoms with Gasteiger partial charge in [-0.1, -0.05) is 36.4 Å². The van der Waals surface area contributed by atoms with Crippen molar-refractivity contribution < 1.29 is 29.4 Å². The fourth-order valence-corrected chi connectivity index (χ4v) is 4.91. The van der Waals surface area contributed by atoms with Crippen LogP contribution in [0.3, 0.4) is 0 Å². The molecule has 4 rings (SSSR count). The number of nitrogens with zero attached hydrogens (tertiary/aromatic N) is 2. The fraction of sp³-hybridized carbons (Fsp3) is 0.417. The van der Waals surface area contributed by atoms with Gasteiger partial charge in [0, 0.05) is 13.1 Å². The first-order valence-electron chi connectivity index (χ1n) is 10.9. The molecule has 0 aliphatic carbocycles. The molecular formula is C24H26N2O6. The Morgan fingerprint density at radius 2 is 1.12 bits per heavy atom. The molecule has 0 spiro atoms. The number of fused-ring (bicyclic) bond motifs is 1. The molecular weight excluding hydrogens is 412 g/mol. The van der Waals surface area contributed by atoms with E-state index in [1.807, 2.05) is 36.4 Å². The molecule has 2 atom stereocenters. The van der Waals surface area contributed by atoms with Crippen LogP contribution in [0.15, 0.2) is 36.4 Å². The summed E-state index contributed by atoms with van der Waals surface area (Å²) in [5.41, 5.74) is 1.56. The molecule has 2 aromatic rings. The average molecular weight is 438 g/mol. The number of likely N-dealkylation sites (tertiary alicyclic amines) is 2. The van der Waals surface area contributed by atoms with E-state index < -0.39 is 24.0 Å². The number of carbonyl (C=O) groups excluding carboxylic acids is 2. The lowest BCUT2D eigenvalue weighted by Gasteiger charge is -2.23. The van der Waals surface area contributed by atoms with Crippen LogP contribution < -0.4 is 0 Å². The van der Waals surface area contributed by atoms with Crippen LogP contribution in [0.1, 0.15) is 36.8 Å². The first kappa shape index (κ1) is 21.8. The topological polar surface area (TPSA) is 115 Å². The van der Waals surface area contributed by atoms with E-state index in [2.05, 4.69) is 0 Å². The first-order chi connectivity index (χ1) is 15.4. The molecule has 2 amide bonds. The van der Waals surface area contributed by atoms with Crippen molar-refractivity contribution in [1.82, 2.24) is 9.80 Å². The zero-order valence-corrected chi connectivity index (χ0v) is 17.7. The number of hydrogen-bond donors (Lipinski definition) is 2. The number of carboxylic acids is 2. The number of benzene rings is 2. The highest BCUT2D eigenvalue weighted by molar-refractivity contribution is 5.96. The Labute approximate surface area is 185 Å². The molecule has 0 radical (unpaired) electrons. The van der Waals surface area contributed by atoms with Gasteiger partial charge in [0.1, 0.15) is 12.1 Å². The minimum atomic E-state index is -0.976. The molecule has 2 saturated heterocycles. The minimum absolute atomic E-state index is 0.0890. The Hall–Kier alpha value is -3.42. The molecule has 8 heteroatoms. The lowest BCUT2D eigenvalue weighted by Crippen LogP contribution is -2.41. The third kappa shape index (κ3) is 4.17. The molecule has 2 N–H and O–H groups in total. The van der Waals surface area contributed by atoms with Gasteiger partial charge in [0.25, 0.3) is 0 Å². The van der Waals surface area contributed by atoms with Crippen LogP contribution in [0.2, 0.25) is 0 Å². The van der Waals surface area contributed by atoms with Crippen molar-refractivity contribution in [3.8, 4) is 0 Å². The van der Waals surface area contributed by atoms with Crippen LogP contribution in [-0.4, -0.2) is 68.9 Å². The Balaban J connectivity index is 1.57. The largest absolute Gasteiger partial charge is 0.480 e. The summed E-state index contributed by atoms with van der Waals surface area (Å²) in [6.45, 7) is 0.891. The molecule has 0 saturated carbocycles. The van der Waals surface area contributed by atoms with Crippen LogP contribution in [-0.2, 0) is 32.0 Å². The molecule has 8 nitrogen and oxygen atoms in total. The monoisotopic (exact) mass is 438 g/mol. The second-order valence-corrected chi connectivity index (χ2v) is 8.45. The standard InChI is InChI=1S/C24H26N2O6/c27-21(25-11-3-7-19(25)23(29)30)13-15-9-10-16(18-6-2-1-5-17(15)18)14-22(28)26-12-4-8-20(26)24(31)32/h1-2,5-6,9-10,19-20H,3-4,7-8,11-14H2,(H,29,30)(H,31,32)/t19-,20?/m1/s1. The van der Waals surface area contributed by atoms with Gasteiger partial charge in [0.2, 0.25) is 11.8 Å². The van der Waals surface area contributed by atoms with Gasteiger partial charge in [-0.25, -0.2) is 9.59 Å². The predicted octanol–water partition coefficient (Wildman–Crippen LogP) is 2.08. The number of carbonyl (C=O) groups is 4. The number of rotatable bonds is 6. The van der Waals surface area contributed by atoms with Crippen LogP contribution in [0, 0.1) is 0 Å². The summed E-state index contributed by atoms with van der Waals surface area (Å²) in [6.07, 6.45) is 2.47. The second-order valence-electron chi connectivity index (χ2n) is 8.45. The van der Waals surface area contributed by atoms with Gasteiger partial charge in [-0.05, 0) is 47.6 Å². The predicted molar refractivity (Wildman–Crippen MR) is 116 cm³/mol. The third-order valence-corrected chi connectivity index (χ3v) is 6.50. The normalized spacial score (nSPS) is 20.6. The van der Waals surface area contributed by atoms with Crippen molar-refractivity contribution in [3.05, 3.63) is 47.5 Å². The highest BCUT2D eigenvalue weighted by Gasteiger charge is 2.35. The zero-order valence-electron chi connectivity index (χ0n) is 17.7. The van der Waals surface area contributed by atoms with Crippen molar-refractivity contribution in [3.63, 3.8) is 0 Å². The number of amides is 2. The highest BCUT2D eigenvalue weighted by atomic mass is 16.4. The van der Waals surface area contributed by atoms with Gasteiger partial charge < -0.3 is 20.0 Å². The molecule has 168 valence electrons. The summed E-state index contributed by atoms with van der Waals surface area (Å²) in [4.78, 5) is 51.5. The number of carboxylic acid groups (broad SMARTS) is 2. The summed E-state index contributed by atoms with van der Waals surface area (Å²) in [5.74, 6) is -2.39. The first-order valence-corrected chi connectivity index (χ1v) is 10.9. The Bertz CT molecular complexity index is 997. The fourth-order valence-electron chi connectivity index (χ4n) is 4.91. The van der Waals surface area contributed by atoms with Gasteiger partial charge in [0.15, 0.2) is 0 Å². The molecule has 2 heterocycles. The van der Waals surface area contributed by atoms with E-state index in [0.717, 1.165) is 21.9 Å². The maximum Gasteiger partial charge on any atom is 0.326 e. The van der Waals surface area contributed by atoms with Gasteiger partial charge in [-0.3, -0.25) is 9.59 Å². The number of aliphatic carboxylic acids is 2. The van der Waals surface area contributed by atoms with E-state index in [1.165, 1.54) is 9.80 Å². The van der Waals surface area contributed by atoms with E-state index in [4.69, 9.17) is 0 Å². The molecule has 2 fully saturated rings. The SMILES string of the molecule is O=C(O)C1CCCN1C(=O)Cc1ccc(CC(=O)N2CCC[C@@H]2C(=O)O)c2ccccc12. The number of hydrogen-bond acceptors (Lipinski definition) is 4. The smallest absolute Gasteiger partial charge is 0.326 e. The summed E-state index contributed by atoms with van der Waals surface area (Å²) in [6, 6.07) is 9.58. The summed E-state index contributed by atoms with van der Waals surface area (Å²) >= 11 is 0. The lowest BCUT2D eigenvalue weighted by atomic mass is 9.95. The lowest BCUT2D eigenvalue weighted by molar-refractivity contribution is -0.148.